The van der Waals surface area contributed by atoms with E-state index in [2.05, 4.69) is 15.1 Å². The van der Waals surface area contributed by atoms with Crippen LogP contribution in [0.3, 0.4) is 0 Å². The number of halogens is 1. The highest BCUT2D eigenvalue weighted by Crippen LogP contribution is 2.23. The van der Waals surface area contributed by atoms with Gasteiger partial charge in [-0.05, 0) is 0 Å². The fourth-order valence-corrected chi connectivity index (χ4v) is 1.48. The maximum absolute atomic E-state index is 5.91. The number of ether oxygens (including phenoxy) is 1. The van der Waals surface area contributed by atoms with Gasteiger partial charge in [0.15, 0.2) is 5.75 Å². The molecule has 2 aromatic rings. The summed E-state index contributed by atoms with van der Waals surface area (Å²) in [6.07, 6.45) is 3.37. The van der Waals surface area contributed by atoms with Crippen LogP contribution in [0.2, 0.25) is 5.15 Å². The SMILES string of the molecule is CC(C)c1nc(Cl)cc(Oc2cnn(C)c2)n1. The molecule has 0 aliphatic heterocycles. The van der Waals surface area contributed by atoms with E-state index in [0.717, 1.165) is 0 Å². The molecule has 2 rings (SSSR count). The summed E-state index contributed by atoms with van der Waals surface area (Å²) in [5.41, 5.74) is 0. The molecule has 0 N–H and O–H groups in total. The zero-order chi connectivity index (χ0) is 12.4. The minimum absolute atomic E-state index is 0.199. The molecule has 0 saturated heterocycles. The predicted molar refractivity (Wildman–Crippen MR) is 64.4 cm³/mol. The van der Waals surface area contributed by atoms with Gasteiger partial charge < -0.3 is 4.74 Å². The molecule has 6 heteroatoms. The molecule has 2 aromatic heterocycles. The lowest BCUT2D eigenvalue weighted by atomic mass is 10.2. The van der Waals surface area contributed by atoms with Crippen LogP contribution in [0.4, 0.5) is 0 Å². The van der Waals surface area contributed by atoms with Crippen LogP contribution in [0.5, 0.6) is 11.6 Å². The number of nitrogens with zero attached hydrogens (tertiary/aromatic N) is 4. The van der Waals surface area contributed by atoms with Crippen LogP contribution in [0.25, 0.3) is 0 Å². The molecule has 0 aliphatic carbocycles. The Balaban J connectivity index is 2.26. The molecule has 0 spiro atoms. The van der Waals surface area contributed by atoms with Gasteiger partial charge in [-0.1, -0.05) is 25.4 Å². The second-order valence-corrected chi connectivity index (χ2v) is 4.38. The predicted octanol–water partition coefficient (Wildman–Crippen LogP) is 2.78. The normalized spacial score (nSPS) is 10.9. The first kappa shape index (κ1) is 11.9. The lowest BCUT2D eigenvalue weighted by molar-refractivity contribution is 0.456. The van der Waals surface area contributed by atoms with Gasteiger partial charge in [-0.3, -0.25) is 4.68 Å². The Morgan fingerprint density at radius 2 is 2.12 bits per heavy atom. The molecule has 0 aliphatic rings. The summed E-state index contributed by atoms with van der Waals surface area (Å²) in [5.74, 6) is 1.92. The third-order valence-electron chi connectivity index (χ3n) is 2.11. The summed E-state index contributed by atoms with van der Waals surface area (Å²) >= 11 is 5.91. The third kappa shape index (κ3) is 2.94. The van der Waals surface area contributed by atoms with Crippen molar-refractivity contribution in [1.82, 2.24) is 19.7 Å². The molecule has 90 valence electrons. The molecule has 0 saturated carbocycles. The number of aryl methyl sites for hydroxylation is 1. The van der Waals surface area contributed by atoms with Gasteiger partial charge in [-0.2, -0.15) is 10.1 Å². The van der Waals surface area contributed by atoms with Crippen LogP contribution in [0.1, 0.15) is 25.6 Å². The van der Waals surface area contributed by atoms with Crippen molar-refractivity contribution in [2.24, 2.45) is 7.05 Å². The van der Waals surface area contributed by atoms with Crippen molar-refractivity contribution in [3.8, 4) is 11.6 Å². The number of aromatic nitrogens is 4. The van der Waals surface area contributed by atoms with E-state index in [1.165, 1.54) is 0 Å². The molecule has 0 fully saturated rings. The second-order valence-electron chi connectivity index (χ2n) is 3.99. The fourth-order valence-electron chi connectivity index (χ4n) is 1.30. The van der Waals surface area contributed by atoms with Gasteiger partial charge in [0.1, 0.15) is 11.0 Å². The lowest BCUT2D eigenvalue weighted by Gasteiger charge is -2.07. The van der Waals surface area contributed by atoms with Crippen molar-refractivity contribution in [3.05, 3.63) is 29.4 Å². The van der Waals surface area contributed by atoms with E-state index in [0.29, 0.717) is 22.6 Å². The second kappa shape index (κ2) is 4.71. The standard InChI is InChI=1S/C11H13ClN4O/c1-7(2)11-14-9(12)4-10(15-11)17-8-5-13-16(3)6-8/h4-7H,1-3H3. The van der Waals surface area contributed by atoms with E-state index in [1.54, 1.807) is 23.1 Å². The Kier molecular flexibility index (Phi) is 3.28. The van der Waals surface area contributed by atoms with Crippen molar-refractivity contribution in [3.63, 3.8) is 0 Å². The highest BCUT2D eigenvalue weighted by atomic mass is 35.5. The van der Waals surface area contributed by atoms with Crippen molar-refractivity contribution in [2.45, 2.75) is 19.8 Å². The number of rotatable bonds is 3. The van der Waals surface area contributed by atoms with E-state index in [1.807, 2.05) is 20.9 Å². The molecular weight excluding hydrogens is 240 g/mol. The minimum atomic E-state index is 0.199. The van der Waals surface area contributed by atoms with Gasteiger partial charge in [0.2, 0.25) is 5.88 Å². The Morgan fingerprint density at radius 1 is 1.35 bits per heavy atom. The van der Waals surface area contributed by atoms with Gasteiger partial charge in [-0.15, -0.1) is 0 Å². The molecule has 0 radical (unpaired) electrons. The fraction of sp³-hybridized carbons (Fsp3) is 0.364. The summed E-state index contributed by atoms with van der Waals surface area (Å²) < 4.78 is 7.21. The van der Waals surface area contributed by atoms with E-state index >= 15 is 0 Å². The Bertz CT molecular complexity index is 524. The summed E-state index contributed by atoms with van der Waals surface area (Å²) in [4.78, 5) is 8.42. The molecule has 5 nitrogen and oxygen atoms in total. The molecule has 17 heavy (non-hydrogen) atoms. The largest absolute Gasteiger partial charge is 0.436 e. The molecule has 0 unspecified atom stereocenters. The zero-order valence-corrected chi connectivity index (χ0v) is 10.6. The maximum atomic E-state index is 5.91. The lowest BCUT2D eigenvalue weighted by Crippen LogP contribution is -1.99. The topological polar surface area (TPSA) is 52.8 Å². The molecule has 0 aromatic carbocycles. The van der Waals surface area contributed by atoms with Crippen LogP contribution in [-0.4, -0.2) is 19.7 Å². The number of hydrogen-bond acceptors (Lipinski definition) is 4. The minimum Gasteiger partial charge on any atom is -0.436 e. The highest BCUT2D eigenvalue weighted by molar-refractivity contribution is 6.29. The Morgan fingerprint density at radius 3 is 2.71 bits per heavy atom. The van der Waals surface area contributed by atoms with E-state index < -0.39 is 0 Å². The van der Waals surface area contributed by atoms with Crippen LogP contribution in [0, 0.1) is 0 Å². The van der Waals surface area contributed by atoms with Crippen LogP contribution in [-0.2, 0) is 7.05 Å². The number of hydrogen-bond donors (Lipinski definition) is 0. The van der Waals surface area contributed by atoms with Gasteiger partial charge in [0, 0.05) is 19.0 Å². The van der Waals surface area contributed by atoms with E-state index in [-0.39, 0.29) is 5.92 Å². The summed E-state index contributed by atoms with van der Waals surface area (Å²) in [6.45, 7) is 4.00. The van der Waals surface area contributed by atoms with Crippen molar-refractivity contribution in [2.75, 3.05) is 0 Å². The van der Waals surface area contributed by atoms with Crippen LogP contribution < -0.4 is 4.74 Å². The summed E-state index contributed by atoms with van der Waals surface area (Å²) in [7, 11) is 1.82. The smallest absolute Gasteiger partial charge is 0.224 e. The van der Waals surface area contributed by atoms with Gasteiger partial charge in [-0.25, -0.2) is 4.98 Å². The zero-order valence-electron chi connectivity index (χ0n) is 9.88. The van der Waals surface area contributed by atoms with Crippen molar-refractivity contribution < 1.29 is 4.74 Å². The first-order valence-corrected chi connectivity index (χ1v) is 5.63. The summed E-state index contributed by atoms with van der Waals surface area (Å²) in [5, 5.41) is 4.39. The summed E-state index contributed by atoms with van der Waals surface area (Å²) in [6, 6.07) is 1.58. The maximum Gasteiger partial charge on any atom is 0.224 e. The van der Waals surface area contributed by atoms with Gasteiger partial charge >= 0.3 is 0 Å². The Labute approximate surface area is 104 Å². The van der Waals surface area contributed by atoms with E-state index in [4.69, 9.17) is 16.3 Å². The molecule has 0 atom stereocenters. The first-order chi connectivity index (χ1) is 8.04. The van der Waals surface area contributed by atoms with Crippen molar-refractivity contribution in [1.29, 1.82) is 0 Å². The monoisotopic (exact) mass is 252 g/mol. The van der Waals surface area contributed by atoms with Crippen LogP contribution >= 0.6 is 11.6 Å². The first-order valence-electron chi connectivity index (χ1n) is 5.25. The van der Waals surface area contributed by atoms with Gasteiger partial charge in [0.25, 0.3) is 0 Å². The molecular formula is C11H13ClN4O. The molecule has 0 bridgehead atoms. The highest BCUT2D eigenvalue weighted by Gasteiger charge is 2.09. The average Bonchev–Trinajstić information content (AvgIpc) is 2.63. The Hall–Kier alpha value is -1.62. The van der Waals surface area contributed by atoms with Gasteiger partial charge in [0.05, 0.1) is 12.4 Å². The molecule has 2 heterocycles. The van der Waals surface area contributed by atoms with Crippen LogP contribution in [0.15, 0.2) is 18.5 Å². The quantitative estimate of drug-likeness (QED) is 0.789. The van der Waals surface area contributed by atoms with E-state index in [9.17, 15) is 0 Å². The van der Waals surface area contributed by atoms with Crippen molar-refractivity contribution >= 4 is 11.6 Å². The average molecular weight is 253 g/mol. The molecule has 0 amide bonds. The third-order valence-corrected chi connectivity index (χ3v) is 2.30.